The van der Waals surface area contributed by atoms with Crippen molar-refractivity contribution in [1.29, 1.82) is 0 Å². The van der Waals surface area contributed by atoms with E-state index < -0.39 is 0 Å². The van der Waals surface area contributed by atoms with Gasteiger partial charge in [-0.05, 0) is 41.5 Å². The topological polar surface area (TPSA) is 79.5 Å². The number of amides is 1. The maximum absolute atomic E-state index is 12.2. The van der Waals surface area contributed by atoms with Crippen LogP contribution in [0.4, 0.5) is 0 Å². The Balaban J connectivity index is 1.64. The fourth-order valence-corrected chi connectivity index (χ4v) is 2.23. The van der Waals surface area contributed by atoms with Gasteiger partial charge in [-0.25, -0.2) is 5.43 Å². The van der Waals surface area contributed by atoms with Crippen molar-refractivity contribution in [2.75, 3.05) is 0 Å². The lowest BCUT2D eigenvalue weighted by atomic mass is 10.1. The Bertz CT molecular complexity index is 857. The molecule has 0 saturated carbocycles. The van der Waals surface area contributed by atoms with Gasteiger partial charge in [0, 0.05) is 18.0 Å². The number of phenols is 1. The van der Waals surface area contributed by atoms with Crippen molar-refractivity contribution >= 4 is 12.1 Å². The largest absolute Gasteiger partial charge is 0.508 e. The Kier molecular flexibility index (Phi) is 4.67. The number of benzene rings is 2. The third-order valence-corrected chi connectivity index (χ3v) is 3.34. The highest BCUT2D eigenvalue weighted by Gasteiger charge is 2.05. The van der Waals surface area contributed by atoms with Crippen molar-refractivity contribution in [2.45, 2.75) is 6.54 Å². The van der Waals surface area contributed by atoms with Gasteiger partial charge in [0.2, 0.25) is 0 Å². The van der Waals surface area contributed by atoms with Crippen LogP contribution in [0.3, 0.4) is 0 Å². The fourth-order valence-electron chi connectivity index (χ4n) is 2.23. The number of carbonyl (C=O) groups excluding carboxylic acids is 1. The number of phenolic OH excluding ortho intramolecular Hbond substituents is 1. The highest BCUT2D eigenvalue weighted by molar-refractivity contribution is 5.95. The molecule has 0 bridgehead atoms. The van der Waals surface area contributed by atoms with Crippen LogP contribution in [-0.4, -0.2) is 27.0 Å². The molecule has 120 valence electrons. The second kappa shape index (κ2) is 7.23. The van der Waals surface area contributed by atoms with Gasteiger partial charge in [0.1, 0.15) is 5.75 Å². The zero-order chi connectivity index (χ0) is 16.8. The smallest absolute Gasteiger partial charge is 0.271 e. The first kappa shape index (κ1) is 15.5. The van der Waals surface area contributed by atoms with Crippen molar-refractivity contribution in [1.82, 2.24) is 15.2 Å². The predicted octanol–water partition coefficient (Wildman–Crippen LogP) is 2.40. The van der Waals surface area contributed by atoms with Gasteiger partial charge in [-0.3, -0.25) is 9.48 Å². The molecule has 0 unspecified atom stereocenters. The van der Waals surface area contributed by atoms with Gasteiger partial charge in [-0.15, -0.1) is 0 Å². The third-order valence-electron chi connectivity index (χ3n) is 3.34. The van der Waals surface area contributed by atoms with Crippen molar-refractivity contribution in [2.24, 2.45) is 5.10 Å². The molecule has 1 aromatic heterocycles. The van der Waals surface area contributed by atoms with Crippen molar-refractivity contribution in [3.8, 4) is 5.75 Å². The molecule has 0 saturated heterocycles. The van der Waals surface area contributed by atoms with Crippen LogP contribution in [0.1, 0.15) is 21.5 Å². The minimum Gasteiger partial charge on any atom is -0.508 e. The lowest BCUT2D eigenvalue weighted by Crippen LogP contribution is -2.18. The molecule has 0 aliphatic heterocycles. The van der Waals surface area contributed by atoms with Crippen LogP contribution < -0.4 is 5.43 Å². The quantitative estimate of drug-likeness (QED) is 0.559. The molecule has 2 aromatic carbocycles. The van der Waals surface area contributed by atoms with Crippen molar-refractivity contribution in [3.63, 3.8) is 0 Å². The Hall–Kier alpha value is -3.41. The number of rotatable bonds is 5. The average Bonchev–Trinajstić information content (AvgIpc) is 3.08. The normalized spacial score (nSPS) is 10.8. The van der Waals surface area contributed by atoms with E-state index in [-0.39, 0.29) is 11.7 Å². The van der Waals surface area contributed by atoms with Crippen LogP contribution in [-0.2, 0) is 6.54 Å². The van der Waals surface area contributed by atoms with Gasteiger partial charge in [-0.1, -0.05) is 24.3 Å². The van der Waals surface area contributed by atoms with Crippen molar-refractivity contribution in [3.05, 3.63) is 83.7 Å². The first-order valence-electron chi connectivity index (χ1n) is 7.39. The average molecular weight is 320 g/mol. The zero-order valence-electron chi connectivity index (χ0n) is 12.8. The number of nitrogens with zero attached hydrogens (tertiary/aromatic N) is 3. The van der Waals surface area contributed by atoms with Crippen LogP contribution in [0.5, 0.6) is 5.75 Å². The molecule has 0 atom stereocenters. The second-order valence-corrected chi connectivity index (χ2v) is 5.20. The van der Waals surface area contributed by atoms with E-state index >= 15 is 0 Å². The minimum atomic E-state index is -0.297. The maximum atomic E-state index is 12.2. The molecule has 24 heavy (non-hydrogen) atoms. The zero-order valence-corrected chi connectivity index (χ0v) is 12.8. The Morgan fingerprint density at radius 3 is 2.88 bits per heavy atom. The van der Waals surface area contributed by atoms with Gasteiger partial charge in [0.25, 0.3) is 5.91 Å². The Labute approximate surface area is 139 Å². The SMILES string of the molecule is O=C(N/N=C\c1cccc(O)c1)c1cccc(Cn2cccn2)c1. The summed E-state index contributed by atoms with van der Waals surface area (Å²) in [5.41, 5.74) is 4.67. The number of hydrazone groups is 1. The summed E-state index contributed by atoms with van der Waals surface area (Å²) in [5.74, 6) is -0.148. The molecule has 1 amide bonds. The summed E-state index contributed by atoms with van der Waals surface area (Å²) in [5, 5.41) is 17.4. The maximum Gasteiger partial charge on any atom is 0.271 e. The number of hydrogen-bond donors (Lipinski definition) is 2. The molecule has 0 aliphatic carbocycles. The van der Waals surface area contributed by atoms with Gasteiger partial charge < -0.3 is 5.11 Å². The molecule has 0 aliphatic rings. The summed E-state index contributed by atoms with van der Waals surface area (Å²) in [7, 11) is 0. The van der Waals surface area contributed by atoms with E-state index in [2.05, 4.69) is 15.6 Å². The summed E-state index contributed by atoms with van der Waals surface area (Å²) >= 11 is 0. The number of nitrogens with one attached hydrogen (secondary N) is 1. The summed E-state index contributed by atoms with van der Waals surface area (Å²) < 4.78 is 1.79. The van der Waals surface area contributed by atoms with E-state index in [1.807, 2.05) is 24.4 Å². The molecule has 0 spiro atoms. The van der Waals surface area contributed by atoms with E-state index in [1.54, 1.807) is 47.3 Å². The monoisotopic (exact) mass is 320 g/mol. The van der Waals surface area contributed by atoms with E-state index in [0.717, 1.165) is 5.56 Å². The molecular weight excluding hydrogens is 304 g/mol. The lowest BCUT2D eigenvalue weighted by molar-refractivity contribution is 0.0955. The summed E-state index contributed by atoms with van der Waals surface area (Å²) in [6.45, 7) is 0.598. The molecule has 6 nitrogen and oxygen atoms in total. The first-order chi connectivity index (χ1) is 11.7. The van der Waals surface area contributed by atoms with E-state index in [9.17, 15) is 9.90 Å². The van der Waals surface area contributed by atoms with Gasteiger partial charge in [-0.2, -0.15) is 10.2 Å². The van der Waals surface area contributed by atoms with E-state index in [0.29, 0.717) is 17.7 Å². The van der Waals surface area contributed by atoms with Gasteiger partial charge in [0.15, 0.2) is 0 Å². The molecule has 6 heteroatoms. The third kappa shape index (κ3) is 4.07. The molecule has 0 fully saturated rings. The van der Waals surface area contributed by atoms with Gasteiger partial charge >= 0.3 is 0 Å². The highest BCUT2D eigenvalue weighted by Crippen LogP contribution is 2.09. The Morgan fingerprint density at radius 2 is 2.08 bits per heavy atom. The molecule has 3 aromatic rings. The Morgan fingerprint density at radius 1 is 1.21 bits per heavy atom. The van der Waals surface area contributed by atoms with Crippen LogP contribution in [0.15, 0.2) is 72.1 Å². The molecule has 2 N–H and O–H groups in total. The summed E-state index contributed by atoms with van der Waals surface area (Å²) in [6, 6.07) is 15.8. The minimum absolute atomic E-state index is 0.150. The number of carbonyl (C=O) groups is 1. The number of aromatic hydroxyl groups is 1. The summed E-state index contributed by atoms with van der Waals surface area (Å²) in [4.78, 5) is 12.2. The molecular formula is C18H16N4O2. The summed E-state index contributed by atoms with van der Waals surface area (Å²) in [6.07, 6.45) is 5.06. The van der Waals surface area contributed by atoms with E-state index in [1.165, 1.54) is 6.21 Å². The number of aromatic nitrogens is 2. The number of hydrogen-bond acceptors (Lipinski definition) is 4. The van der Waals surface area contributed by atoms with Crippen LogP contribution in [0, 0.1) is 0 Å². The standard InChI is InChI=1S/C18H16N4O2/c23-17-7-2-4-14(11-17)12-19-21-18(24)16-6-1-5-15(10-16)13-22-9-3-8-20-22/h1-12,23H,13H2,(H,21,24)/b19-12-. The predicted molar refractivity (Wildman–Crippen MR) is 90.9 cm³/mol. The van der Waals surface area contributed by atoms with Crippen LogP contribution in [0.2, 0.25) is 0 Å². The molecule has 1 heterocycles. The lowest BCUT2D eigenvalue weighted by Gasteiger charge is -2.05. The van der Waals surface area contributed by atoms with Gasteiger partial charge in [0.05, 0.1) is 12.8 Å². The van der Waals surface area contributed by atoms with Crippen LogP contribution >= 0.6 is 0 Å². The second-order valence-electron chi connectivity index (χ2n) is 5.20. The molecule has 0 radical (unpaired) electrons. The highest BCUT2D eigenvalue weighted by atomic mass is 16.3. The fraction of sp³-hybridized carbons (Fsp3) is 0.0556. The van der Waals surface area contributed by atoms with E-state index in [4.69, 9.17) is 0 Å². The first-order valence-corrected chi connectivity index (χ1v) is 7.39. The van der Waals surface area contributed by atoms with Crippen molar-refractivity contribution < 1.29 is 9.90 Å². The van der Waals surface area contributed by atoms with Crippen LogP contribution in [0.25, 0.3) is 0 Å². The molecule has 3 rings (SSSR count).